The summed E-state index contributed by atoms with van der Waals surface area (Å²) in [6.45, 7) is 2.69. The standard InChI is InChI=1S/C8H17N3O3S/c1-8(3-2-4-11-8)7(12)10-5-6-15(9,13)14/h11H,2-6H2,1H3,(H,10,12)(H2,9,13,14). The average molecular weight is 235 g/mol. The molecule has 0 aromatic heterocycles. The molecule has 15 heavy (non-hydrogen) atoms. The van der Waals surface area contributed by atoms with Crippen LogP contribution in [-0.4, -0.2) is 38.7 Å². The molecule has 0 spiro atoms. The van der Waals surface area contributed by atoms with Crippen LogP contribution in [0.15, 0.2) is 0 Å². The lowest BCUT2D eigenvalue weighted by atomic mass is 9.99. The van der Waals surface area contributed by atoms with E-state index in [0.717, 1.165) is 19.4 Å². The minimum Gasteiger partial charge on any atom is -0.353 e. The van der Waals surface area contributed by atoms with E-state index >= 15 is 0 Å². The van der Waals surface area contributed by atoms with Gasteiger partial charge in [0.05, 0.1) is 11.3 Å². The van der Waals surface area contributed by atoms with Crippen LogP contribution in [0.2, 0.25) is 0 Å². The summed E-state index contributed by atoms with van der Waals surface area (Å²) in [5.41, 5.74) is -0.557. The lowest BCUT2D eigenvalue weighted by molar-refractivity contribution is -0.126. The molecule has 1 aliphatic heterocycles. The Bertz CT molecular complexity index is 333. The van der Waals surface area contributed by atoms with E-state index in [1.165, 1.54) is 0 Å². The fourth-order valence-electron chi connectivity index (χ4n) is 1.59. The second-order valence-corrected chi connectivity index (χ2v) is 5.72. The van der Waals surface area contributed by atoms with Crippen molar-refractivity contribution in [1.29, 1.82) is 0 Å². The second kappa shape index (κ2) is 4.46. The Labute approximate surface area is 89.6 Å². The number of hydrogen-bond acceptors (Lipinski definition) is 4. The fraction of sp³-hybridized carbons (Fsp3) is 0.875. The zero-order valence-electron chi connectivity index (χ0n) is 8.75. The van der Waals surface area contributed by atoms with Crippen molar-refractivity contribution in [3.05, 3.63) is 0 Å². The van der Waals surface area contributed by atoms with Crippen LogP contribution in [0.4, 0.5) is 0 Å². The molecule has 0 saturated carbocycles. The summed E-state index contributed by atoms with van der Waals surface area (Å²) in [4.78, 5) is 11.6. The Morgan fingerprint density at radius 2 is 2.27 bits per heavy atom. The summed E-state index contributed by atoms with van der Waals surface area (Å²) in [5, 5.41) is 10.5. The van der Waals surface area contributed by atoms with Crippen molar-refractivity contribution in [2.45, 2.75) is 25.3 Å². The van der Waals surface area contributed by atoms with E-state index in [1.54, 1.807) is 0 Å². The van der Waals surface area contributed by atoms with Crippen LogP contribution >= 0.6 is 0 Å². The number of nitrogens with one attached hydrogen (secondary N) is 2. The number of carbonyl (C=O) groups excluding carboxylic acids is 1. The number of nitrogens with two attached hydrogens (primary N) is 1. The molecule has 6 nitrogen and oxygen atoms in total. The van der Waals surface area contributed by atoms with Gasteiger partial charge in [0, 0.05) is 6.54 Å². The molecule has 0 aliphatic carbocycles. The van der Waals surface area contributed by atoms with Gasteiger partial charge in [-0.05, 0) is 26.3 Å². The number of sulfonamides is 1. The van der Waals surface area contributed by atoms with Gasteiger partial charge < -0.3 is 10.6 Å². The largest absolute Gasteiger partial charge is 0.353 e. The molecular weight excluding hydrogens is 218 g/mol. The van der Waals surface area contributed by atoms with Crippen molar-refractivity contribution in [2.24, 2.45) is 5.14 Å². The van der Waals surface area contributed by atoms with Crippen LogP contribution in [0.3, 0.4) is 0 Å². The average Bonchev–Trinajstić information content (AvgIpc) is 2.51. The third-order valence-corrected chi connectivity index (χ3v) is 3.32. The Morgan fingerprint density at radius 3 is 2.73 bits per heavy atom. The summed E-state index contributed by atoms with van der Waals surface area (Å²) in [6.07, 6.45) is 1.73. The molecule has 4 N–H and O–H groups in total. The highest BCUT2D eigenvalue weighted by molar-refractivity contribution is 7.89. The van der Waals surface area contributed by atoms with Crippen LogP contribution in [0.5, 0.6) is 0 Å². The minimum atomic E-state index is -3.50. The highest BCUT2D eigenvalue weighted by Crippen LogP contribution is 2.18. The van der Waals surface area contributed by atoms with Gasteiger partial charge in [0.2, 0.25) is 15.9 Å². The fourth-order valence-corrected chi connectivity index (χ4v) is 1.98. The normalized spacial score (nSPS) is 26.5. The topological polar surface area (TPSA) is 101 Å². The molecule has 1 atom stereocenters. The van der Waals surface area contributed by atoms with Gasteiger partial charge in [-0.3, -0.25) is 4.79 Å². The summed E-state index contributed by atoms with van der Waals surface area (Å²) >= 11 is 0. The van der Waals surface area contributed by atoms with Crippen molar-refractivity contribution in [3.8, 4) is 0 Å². The van der Waals surface area contributed by atoms with E-state index in [1.807, 2.05) is 6.92 Å². The Kier molecular flexibility index (Phi) is 3.69. The van der Waals surface area contributed by atoms with Crippen LogP contribution in [0, 0.1) is 0 Å². The Hall–Kier alpha value is -0.660. The van der Waals surface area contributed by atoms with Crippen LogP contribution in [-0.2, 0) is 14.8 Å². The predicted molar refractivity (Wildman–Crippen MR) is 56.6 cm³/mol. The first-order valence-corrected chi connectivity index (χ1v) is 6.59. The number of hydrogen-bond donors (Lipinski definition) is 3. The summed E-state index contributed by atoms with van der Waals surface area (Å²) in [6, 6.07) is 0. The molecule has 1 saturated heterocycles. The maximum atomic E-state index is 11.6. The van der Waals surface area contributed by atoms with Crippen molar-refractivity contribution in [1.82, 2.24) is 10.6 Å². The van der Waals surface area contributed by atoms with E-state index < -0.39 is 15.6 Å². The summed E-state index contributed by atoms with van der Waals surface area (Å²) in [5.74, 6) is -0.391. The van der Waals surface area contributed by atoms with Gasteiger partial charge in [-0.2, -0.15) is 0 Å². The third kappa shape index (κ3) is 3.77. The first-order chi connectivity index (χ1) is 6.83. The molecule has 1 fully saturated rings. The van der Waals surface area contributed by atoms with Crippen LogP contribution in [0.1, 0.15) is 19.8 Å². The van der Waals surface area contributed by atoms with Gasteiger partial charge in [0.15, 0.2) is 0 Å². The molecule has 1 aliphatic rings. The van der Waals surface area contributed by atoms with E-state index in [0.29, 0.717) is 0 Å². The molecule has 1 amide bonds. The molecule has 7 heteroatoms. The minimum absolute atomic E-state index is 0.0644. The van der Waals surface area contributed by atoms with Crippen LogP contribution in [0.25, 0.3) is 0 Å². The monoisotopic (exact) mass is 235 g/mol. The molecule has 0 aromatic rings. The first kappa shape index (κ1) is 12.4. The van der Waals surface area contributed by atoms with E-state index in [4.69, 9.17) is 5.14 Å². The van der Waals surface area contributed by atoms with Gasteiger partial charge in [0.25, 0.3) is 0 Å². The van der Waals surface area contributed by atoms with Crippen LogP contribution < -0.4 is 15.8 Å². The van der Waals surface area contributed by atoms with Gasteiger partial charge >= 0.3 is 0 Å². The SMILES string of the molecule is CC1(C(=O)NCCS(N)(=O)=O)CCCN1. The van der Waals surface area contributed by atoms with Crippen molar-refractivity contribution >= 4 is 15.9 Å². The predicted octanol–water partition coefficient (Wildman–Crippen LogP) is -1.47. The zero-order chi connectivity index (χ0) is 11.5. The first-order valence-electron chi connectivity index (χ1n) is 4.87. The maximum absolute atomic E-state index is 11.6. The van der Waals surface area contributed by atoms with Crippen molar-refractivity contribution in [2.75, 3.05) is 18.8 Å². The number of carbonyl (C=O) groups is 1. The van der Waals surface area contributed by atoms with E-state index in [-0.39, 0.29) is 18.2 Å². The molecule has 1 unspecified atom stereocenters. The summed E-state index contributed by atoms with van der Waals surface area (Å²) < 4.78 is 21.2. The lowest BCUT2D eigenvalue weighted by Gasteiger charge is -2.22. The quantitative estimate of drug-likeness (QED) is 0.554. The van der Waals surface area contributed by atoms with Gasteiger partial charge in [0.1, 0.15) is 0 Å². The van der Waals surface area contributed by atoms with E-state index in [2.05, 4.69) is 10.6 Å². The lowest BCUT2D eigenvalue weighted by Crippen LogP contribution is -2.52. The Balaban J connectivity index is 2.36. The number of rotatable bonds is 4. The van der Waals surface area contributed by atoms with E-state index in [9.17, 15) is 13.2 Å². The summed E-state index contributed by atoms with van der Waals surface area (Å²) in [7, 11) is -3.50. The highest BCUT2D eigenvalue weighted by Gasteiger charge is 2.35. The molecule has 0 bridgehead atoms. The maximum Gasteiger partial charge on any atom is 0.240 e. The molecule has 0 radical (unpaired) electrons. The second-order valence-electron chi connectivity index (χ2n) is 3.99. The Morgan fingerprint density at radius 1 is 1.60 bits per heavy atom. The molecule has 0 aromatic carbocycles. The van der Waals surface area contributed by atoms with Crippen molar-refractivity contribution in [3.63, 3.8) is 0 Å². The molecule has 1 heterocycles. The molecule has 1 rings (SSSR count). The third-order valence-electron chi connectivity index (χ3n) is 2.54. The van der Waals surface area contributed by atoms with Gasteiger partial charge in [-0.25, -0.2) is 13.6 Å². The number of amides is 1. The highest BCUT2D eigenvalue weighted by atomic mass is 32.2. The smallest absolute Gasteiger partial charge is 0.240 e. The molecule has 88 valence electrons. The van der Waals surface area contributed by atoms with Gasteiger partial charge in [-0.15, -0.1) is 0 Å². The van der Waals surface area contributed by atoms with Crippen molar-refractivity contribution < 1.29 is 13.2 Å². The number of primary sulfonamides is 1. The van der Waals surface area contributed by atoms with Gasteiger partial charge in [-0.1, -0.05) is 0 Å². The molecular formula is C8H17N3O3S. The zero-order valence-corrected chi connectivity index (χ0v) is 9.56.